The number of benzene rings is 1. The van der Waals surface area contributed by atoms with E-state index in [4.69, 9.17) is 11.0 Å². The second-order valence-corrected chi connectivity index (χ2v) is 7.40. The lowest BCUT2D eigenvalue weighted by Crippen LogP contribution is -2.57. The molecule has 0 bridgehead atoms. The first kappa shape index (κ1) is 15.8. The molecule has 0 aromatic heterocycles. The van der Waals surface area contributed by atoms with Gasteiger partial charge in [0.1, 0.15) is 6.07 Å². The van der Waals surface area contributed by atoms with Crippen LogP contribution in [-0.4, -0.2) is 39.5 Å². The molecule has 0 aliphatic heterocycles. The molecule has 1 aromatic carbocycles. The molecule has 1 aliphatic rings. The molecule has 0 spiro atoms. The summed E-state index contributed by atoms with van der Waals surface area (Å²) < 4.78 is 27.5. The zero-order chi connectivity index (χ0) is 15.7. The molecular formula is C14H20N4O2S. The third-order valence-corrected chi connectivity index (χ3v) is 5.70. The summed E-state index contributed by atoms with van der Waals surface area (Å²) in [7, 11) is 0.194. The van der Waals surface area contributed by atoms with Crippen molar-refractivity contribution in [3.8, 4) is 6.07 Å². The van der Waals surface area contributed by atoms with E-state index in [9.17, 15) is 8.42 Å². The number of hydrogen-bond acceptors (Lipinski definition) is 5. The van der Waals surface area contributed by atoms with Gasteiger partial charge >= 0.3 is 0 Å². The Kier molecular flexibility index (Phi) is 4.23. The molecule has 21 heavy (non-hydrogen) atoms. The summed E-state index contributed by atoms with van der Waals surface area (Å²) in [5.74, 6) is 0. The fourth-order valence-electron chi connectivity index (χ4n) is 2.54. The van der Waals surface area contributed by atoms with Crippen LogP contribution in [0.2, 0.25) is 0 Å². The van der Waals surface area contributed by atoms with Gasteiger partial charge in [0.15, 0.2) is 0 Å². The van der Waals surface area contributed by atoms with Crippen LogP contribution in [0.1, 0.15) is 24.8 Å². The van der Waals surface area contributed by atoms with Crippen molar-refractivity contribution in [2.75, 3.05) is 26.4 Å². The van der Waals surface area contributed by atoms with Gasteiger partial charge in [-0.05, 0) is 51.6 Å². The molecule has 3 N–H and O–H groups in total. The van der Waals surface area contributed by atoms with Gasteiger partial charge in [-0.25, -0.2) is 13.1 Å². The standard InChI is InChI=1S/C14H20N4O2S/c1-18(2)14(6-3-7-14)10-17-21(19,20)13-5-4-12(16)8-11(13)9-15/h4-5,8,17H,3,6-7,10,16H2,1-2H3. The van der Waals surface area contributed by atoms with E-state index in [1.165, 1.54) is 18.2 Å². The van der Waals surface area contributed by atoms with Crippen LogP contribution in [0, 0.1) is 11.3 Å². The minimum Gasteiger partial charge on any atom is -0.399 e. The van der Waals surface area contributed by atoms with E-state index in [0.29, 0.717) is 12.2 Å². The van der Waals surface area contributed by atoms with Crippen molar-refractivity contribution in [2.24, 2.45) is 0 Å². The average Bonchev–Trinajstić information content (AvgIpc) is 2.36. The number of nitrogens with two attached hydrogens (primary N) is 1. The number of rotatable bonds is 5. The molecule has 1 aromatic rings. The summed E-state index contributed by atoms with van der Waals surface area (Å²) in [6, 6.07) is 6.12. The highest BCUT2D eigenvalue weighted by molar-refractivity contribution is 7.89. The lowest BCUT2D eigenvalue weighted by atomic mass is 9.76. The zero-order valence-electron chi connectivity index (χ0n) is 12.3. The summed E-state index contributed by atoms with van der Waals surface area (Å²) in [5.41, 5.74) is 5.90. The van der Waals surface area contributed by atoms with Gasteiger partial charge < -0.3 is 10.6 Å². The molecule has 1 saturated carbocycles. The summed E-state index contributed by atoms with van der Waals surface area (Å²) in [5, 5.41) is 9.07. The number of anilines is 1. The topological polar surface area (TPSA) is 99.2 Å². The Balaban J connectivity index is 2.22. The molecule has 1 fully saturated rings. The maximum absolute atomic E-state index is 12.4. The van der Waals surface area contributed by atoms with Crippen molar-refractivity contribution in [2.45, 2.75) is 29.7 Å². The predicted molar refractivity (Wildman–Crippen MR) is 81.0 cm³/mol. The van der Waals surface area contributed by atoms with E-state index >= 15 is 0 Å². The first-order chi connectivity index (χ1) is 9.81. The molecule has 1 aliphatic carbocycles. The number of sulfonamides is 1. The molecule has 2 rings (SSSR count). The fraction of sp³-hybridized carbons (Fsp3) is 0.500. The van der Waals surface area contributed by atoms with Crippen LogP contribution in [0.3, 0.4) is 0 Å². The smallest absolute Gasteiger partial charge is 0.241 e. The Morgan fingerprint density at radius 1 is 1.43 bits per heavy atom. The van der Waals surface area contributed by atoms with Crippen LogP contribution >= 0.6 is 0 Å². The van der Waals surface area contributed by atoms with E-state index in [2.05, 4.69) is 9.62 Å². The third kappa shape index (κ3) is 3.02. The van der Waals surface area contributed by atoms with Crippen molar-refractivity contribution in [3.63, 3.8) is 0 Å². The molecule has 0 heterocycles. The van der Waals surface area contributed by atoms with E-state index < -0.39 is 10.0 Å². The van der Waals surface area contributed by atoms with E-state index in [-0.39, 0.29) is 16.0 Å². The van der Waals surface area contributed by atoms with Crippen molar-refractivity contribution in [1.82, 2.24) is 9.62 Å². The predicted octanol–water partition coefficient (Wildman–Crippen LogP) is 0.903. The van der Waals surface area contributed by atoms with Gasteiger partial charge in [0.25, 0.3) is 0 Å². The highest BCUT2D eigenvalue weighted by Crippen LogP contribution is 2.35. The van der Waals surface area contributed by atoms with Crippen molar-refractivity contribution < 1.29 is 8.42 Å². The lowest BCUT2D eigenvalue weighted by Gasteiger charge is -2.47. The number of nitrogens with one attached hydrogen (secondary N) is 1. The first-order valence-electron chi connectivity index (χ1n) is 6.77. The van der Waals surface area contributed by atoms with E-state index in [1.54, 1.807) is 0 Å². The molecule has 7 heteroatoms. The second-order valence-electron chi connectivity index (χ2n) is 5.66. The second kappa shape index (κ2) is 5.64. The number of nitrogen functional groups attached to an aromatic ring is 1. The van der Waals surface area contributed by atoms with E-state index in [0.717, 1.165) is 19.3 Å². The van der Waals surface area contributed by atoms with Crippen molar-refractivity contribution in [3.05, 3.63) is 23.8 Å². The minimum absolute atomic E-state index is 0.0209. The molecular weight excluding hydrogens is 288 g/mol. The van der Waals surface area contributed by atoms with Crippen LogP contribution in [-0.2, 0) is 10.0 Å². The summed E-state index contributed by atoms with van der Waals surface area (Å²) >= 11 is 0. The van der Waals surface area contributed by atoms with Crippen LogP contribution in [0.15, 0.2) is 23.1 Å². The van der Waals surface area contributed by atoms with Gasteiger partial charge in [0, 0.05) is 17.8 Å². The summed E-state index contributed by atoms with van der Waals surface area (Å²) in [6.45, 7) is 0.345. The highest BCUT2D eigenvalue weighted by atomic mass is 32.2. The van der Waals surface area contributed by atoms with Gasteiger partial charge in [-0.3, -0.25) is 0 Å². The van der Waals surface area contributed by atoms with Gasteiger partial charge in [0.05, 0.1) is 10.5 Å². The number of hydrogen-bond donors (Lipinski definition) is 2. The third-order valence-electron chi connectivity index (χ3n) is 4.24. The molecule has 0 unspecified atom stereocenters. The lowest BCUT2D eigenvalue weighted by molar-refractivity contribution is 0.0657. The quantitative estimate of drug-likeness (QED) is 0.787. The summed E-state index contributed by atoms with van der Waals surface area (Å²) in [4.78, 5) is 2.04. The molecule has 0 radical (unpaired) electrons. The van der Waals surface area contributed by atoms with Crippen LogP contribution in [0.4, 0.5) is 5.69 Å². The monoisotopic (exact) mass is 308 g/mol. The summed E-state index contributed by atoms with van der Waals surface area (Å²) in [6.07, 6.45) is 3.04. The highest BCUT2D eigenvalue weighted by Gasteiger charge is 2.40. The molecule has 0 atom stereocenters. The Hall–Kier alpha value is -1.62. The molecule has 6 nitrogen and oxygen atoms in total. The number of nitrogens with zero attached hydrogens (tertiary/aromatic N) is 2. The van der Waals surface area contributed by atoms with Crippen molar-refractivity contribution >= 4 is 15.7 Å². The van der Waals surface area contributed by atoms with Gasteiger partial charge in [-0.2, -0.15) is 5.26 Å². The zero-order valence-corrected chi connectivity index (χ0v) is 13.1. The molecule has 0 amide bonds. The maximum Gasteiger partial charge on any atom is 0.241 e. The molecule has 0 saturated heterocycles. The number of nitriles is 1. The minimum atomic E-state index is -3.72. The average molecular weight is 308 g/mol. The Morgan fingerprint density at radius 2 is 2.10 bits per heavy atom. The van der Waals surface area contributed by atoms with Crippen LogP contribution in [0.5, 0.6) is 0 Å². The Labute approximate surface area is 125 Å². The normalized spacial score (nSPS) is 17.2. The van der Waals surface area contributed by atoms with Gasteiger partial charge in [-0.1, -0.05) is 0 Å². The van der Waals surface area contributed by atoms with Crippen molar-refractivity contribution in [1.29, 1.82) is 5.26 Å². The fourth-order valence-corrected chi connectivity index (χ4v) is 3.80. The molecule has 114 valence electrons. The maximum atomic E-state index is 12.4. The SMILES string of the molecule is CN(C)C1(CNS(=O)(=O)c2ccc(N)cc2C#N)CCC1. The Bertz CT molecular complexity index is 673. The van der Waals surface area contributed by atoms with Crippen LogP contribution < -0.4 is 10.5 Å². The number of likely N-dealkylation sites (N-methyl/N-ethyl adjacent to an activating group) is 1. The van der Waals surface area contributed by atoms with E-state index in [1.807, 2.05) is 20.2 Å². The Morgan fingerprint density at radius 3 is 2.57 bits per heavy atom. The first-order valence-corrected chi connectivity index (χ1v) is 8.26. The van der Waals surface area contributed by atoms with Gasteiger partial charge in [-0.15, -0.1) is 0 Å². The largest absolute Gasteiger partial charge is 0.399 e. The van der Waals surface area contributed by atoms with Crippen LogP contribution in [0.25, 0.3) is 0 Å². The van der Waals surface area contributed by atoms with Gasteiger partial charge in [0.2, 0.25) is 10.0 Å².